The van der Waals surface area contributed by atoms with Crippen LogP contribution in [0.3, 0.4) is 0 Å². The molecule has 1 aliphatic heterocycles. The smallest absolute Gasteiger partial charge is 0.136 e. The topological polar surface area (TPSA) is 33.2 Å². The molecule has 2 heterocycles. The third kappa shape index (κ3) is 2.44. The third-order valence-corrected chi connectivity index (χ3v) is 4.72. The van der Waals surface area contributed by atoms with Gasteiger partial charge in [0, 0.05) is 40.4 Å². The van der Waals surface area contributed by atoms with Crippen molar-refractivity contribution in [2.75, 3.05) is 18.0 Å². The predicted molar refractivity (Wildman–Crippen MR) is 85.1 cm³/mol. The summed E-state index contributed by atoms with van der Waals surface area (Å²) in [6, 6.07) is 8.19. The summed E-state index contributed by atoms with van der Waals surface area (Å²) in [5, 5.41) is 2.31. The summed E-state index contributed by atoms with van der Waals surface area (Å²) in [4.78, 5) is 18.5. The summed E-state index contributed by atoms with van der Waals surface area (Å²) in [6.07, 6.45) is 3.90. The highest BCUT2D eigenvalue weighted by molar-refractivity contribution is 9.10. The molecule has 0 saturated carbocycles. The maximum absolute atomic E-state index is 11.6. The molecule has 1 aliphatic rings. The molecule has 0 N–H and O–H groups in total. The second-order valence-electron chi connectivity index (χ2n) is 5.37. The van der Waals surface area contributed by atoms with Crippen molar-refractivity contribution in [3.05, 3.63) is 34.9 Å². The first-order valence-electron chi connectivity index (χ1n) is 6.95. The minimum absolute atomic E-state index is 0.146. The fraction of sp³-hybridized carbons (Fsp3) is 0.375. The number of fused-ring (bicyclic) bond motifs is 1. The van der Waals surface area contributed by atoms with Crippen molar-refractivity contribution >= 4 is 38.3 Å². The Labute approximate surface area is 127 Å². The second-order valence-corrected chi connectivity index (χ2v) is 6.22. The van der Waals surface area contributed by atoms with Gasteiger partial charge in [0.05, 0.1) is 0 Å². The number of rotatable bonds is 2. The summed E-state index contributed by atoms with van der Waals surface area (Å²) in [5.41, 5.74) is 0. The SMILES string of the molecule is CC(=O)C1CCCN(c2nccc3c(Br)cccc23)C1. The molecule has 3 nitrogen and oxygen atoms in total. The molecular weight excluding hydrogens is 316 g/mol. The molecule has 1 atom stereocenters. The van der Waals surface area contributed by atoms with E-state index < -0.39 is 0 Å². The van der Waals surface area contributed by atoms with Crippen LogP contribution < -0.4 is 4.90 Å². The summed E-state index contributed by atoms with van der Waals surface area (Å²) in [5.74, 6) is 1.43. The lowest BCUT2D eigenvalue weighted by atomic mass is 9.94. The van der Waals surface area contributed by atoms with E-state index in [0.717, 1.165) is 41.6 Å². The van der Waals surface area contributed by atoms with Crippen LogP contribution in [0.25, 0.3) is 10.8 Å². The fourth-order valence-corrected chi connectivity index (χ4v) is 3.41. The number of Topliss-reactive ketones (excluding diaryl/α,β-unsaturated/α-hetero) is 1. The molecule has 0 amide bonds. The normalized spacial score (nSPS) is 19.3. The minimum Gasteiger partial charge on any atom is -0.355 e. The molecule has 0 spiro atoms. The van der Waals surface area contributed by atoms with Gasteiger partial charge >= 0.3 is 0 Å². The number of pyridine rings is 1. The number of aromatic nitrogens is 1. The largest absolute Gasteiger partial charge is 0.355 e. The van der Waals surface area contributed by atoms with Crippen LogP contribution in [0.1, 0.15) is 19.8 Å². The molecule has 1 unspecified atom stereocenters. The lowest BCUT2D eigenvalue weighted by Crippen LogP contribution is -2.38. The van der Waals surface area contributed by atoms with Crippen LogP contribution >= 0.6 is 15.9 Å². The number of ketones is 1. The van der Waals surface area contributed by atoms with Crippen LogP contribution in [0.15, 0.2) is 34.9 Å². The fourth-order valence-electron chi connectivity index (χ4n) is 2.91. The first-order chi connectivity index (χ1) is 9.66. The van der Waals surface area contributed by atoms with Crippen molar-refractivity contribution in [2.24, 2.45) is 5.92 Å². The molecule has 104 valence electrons. The van der Waals surface area contributed by atoms with Gasteiger partial charge in [-0.25, -0.2) is 4.98 Å². The summed E-state index contributed by atoms with van der Waals surface area (Å²) < 4.78 is 1.08. The van der Waals surface area contributed by atoms with Crippen LogP contribution in [0.5, 0.6) is 0 Å². The molecule has 4 heteroatoms. The number of benzene rings is 1. The second kappa shape index (κ2) is 5.52. The van der Waals surface area contributed by atoms with E-state index in [4.69, 9.17) is 0 Å². The van der Waals surface area contributed by atoms with E-state index in [1.54, 1.807) is 6.92 Å². The van der Waals surface area contributed by atoms with Gasteiger partial charge in [0.1, 0.15) is 11.6 Å². The van der Waals surface area contributed by atoms with Gasteiger partial charge in [-0.15, -0.1) is 0 Å². The molecular formula is C16H17BrN2O. The molecule has 1 aromatic carbocycles. The van der Waals surface area contributed by atoms with Crippen LogP contribution in [0.4, 0.5) is 5.82 Å². The maximum Gasteiger partial charge on any atom is 0.136 e. The minimum atomic E-state index is 0.146. The van der Waals surface area contributed by atoms with Gasteiger partial charge in [-0.3, -0.25) is 4.79 Å². The van der Waals surface area contributed by atoms with Crippen molar-refractivity contribution in [1.82, 2.24) is 4.98 Å². The number of hydrogen-bond acceptors (Lipinski definition) is 3. The van der Waals surface area contributed by atoms with E-state index >= 15 is 0 Å². The number of carbonyl (C=O) groups is 1. The Morgan fingerprint density at radius 3 is 3.00 bits per heavy atom. The van der Waals surface area contributed by atoms with E-state index in [-0.39, 0.29) is 11.7 Å². The quantitative estimate of drug-likeness (QED) is 0.838. The van der Waals surface area contributed by atoms with Crippen LogP contribution in [0, 0.1) is 5.92 Å². The Bertz CT molecular complexity index is 656. The summed E-state index contributed by atoms with van der Waals surface area (Å²) >= 11 is 3.59. The lowest BCUT2D eigenvalue weighted by Gasteiger charge is -2.33. The van der Waals surface area contributed by atoms with Crippen molar-refractivity contribution in [3.63, 3.8) is 0 Å². The molecule has 1 fully saturated rings. The van der Waals surface area contributed by atoms with Crippen LogP contribution in [0.2, 0.25) is 0 Å². The van der Waals surface area contributed by atoms with Gasteiger partial charge in [-0.05, 0) is 31.9 Å². The molecule has 1 saturated heterocycles. The predicted octanol–water partition coefficient (Wildman–Crippen LogP) is 3.80. The Balaban J connectivity index is 2.02. The first kappa shape index (κ1) is 13.6. The molecule has 1 aromatic heterocycles. The lowest BCUT2D eigenvalue weighted by molar-refractivity contribution is -0.120. The van der Waals surface area contributed by atoms with Crippen molar-refractivity contribution < 1.29 is 4.79 Å². The number of carbonyl (C=O) groups excluding carboxylic acids is 1. The van der Waals surface area contributed by atoms with E-state index in [0.29, 0.717) is 0 Å². The van der Waals surface area contributed by atoms with Crippen molar-refractivity contribution in [3.8, 4) is 0 Å². The first-order valence-corrected chi connectivity index (χ1v) is 7.75. The number of anilines is 1. The zero-order chi connectivity index (χ0) is 14.1. The third-order valence-electron chi connectivity index (χ3n) is 4.03. The number of halogens is 1. The van der Waals surface area contributed by atoms with Crippen LogP contribution in [-0.2, 0) is 4.79 Å². The van der Waals surface area contributed by atoms with Gasteiger partial charge in [-0.2, -0.15) is 0 Å². The Morgan fingerprint density at radius 1 is 1.35 bits per heavy atom. The van der Waals surface area contributed by atoms with Crippen molar-refractivity contribution in [1.29, 1.82) is 0 Å². The van der Waals surface area contributed by atoms with Gasteiger partial charge in [0.2, 0.25) is 0 Å². The average Bonchev–Trinajstić information content (AvgIpc) is 2.47. The van der Waals surface area contributed by atoms with Crippen LogP contribution in [-0.4, -0.2) is 23.9 Å². The van der Waals surface area contributed by atoms with Crippen molar-refractivity contribution in [2.45, 2.75) is 19.8 Å². The Kier molecular flexibility index (Phi) is 3.74. The van der Waals surface area contributed by atoms with E-state index in [2.05, 4.69) is 31.9 Å². The monoisotopic (exact) mass is 332 g/mol. The number of hydrogen-bond donors (Lipinski definition) is 0. The molecule has 0 bridgehead atoms. The number of nitrogens with zero attached hydrogens (tertiary/aromatic N) is 2. The summed E-state index contributed by atoms with van der Waals surface area (Å²) in [6.45, 7) is 3.46. The number of piperidine rings is 1. The average molecular weight is 333 g/mol. The zero-order valence-electron chi connectivity index (χ0n) is 11.5. The summed E-state index contributed by atoms with van der Waals surface area (Å²) in [7, 11) is 0. The molecule has 3 rings (SSSR count). The Hall–Kier alpha value is -1.42. The highest BCUT2D eigenvalue weighted by atomic mass is 79.9. The molecule has 2 aromatic rings. The molecule has 0 aliphatic carbocycles. The van der Waals surface area contributed by atoms with E-state index in [9.17, 15) is 4.79 Å². The van der Waals surface area contributed by atoms with Gasteiger partial charge in [0.15, 0.2) is 0 Å². The highest BCUT2D eigenvalue weighted by Gasteiger charge is 2.24. The zero-order valence-corrected chi connectivity index (χ0v) is 13.1. The maximum atomic E-state index is 11.6. The standard InChI is InChI=1S/C16H17BrN2O/c1-11(20)12-4-3-9-19(10-12)16-14-5-2-6-15(17)13(14)7-8-18-16/h2,5-8,12H,3-4,9-10H2,1H3. The molecule has 20 heavy (non-hydrogen) atoms. The van der Waals surface area contributed by atoms with Gasteiger partial charge < -0.3 is 4.90 Å². The van der Waals surface area contributed by atoms with Gasteiger partial charge in [0.25, 0.3) is 0 Å². The highest BCUT2D eigenvalue weighted by Crippen LogP contribution is 2.31. The van der Waals surface area contributed by atoms with E-state index in [1.807, 2.05) is 24.4 Å². The van der Waals surface area contributed by atoms with E-state index in [1.165, 1.54) is 5.39 Å². The van der Waals surface area contributed by atoms with Gasteiger partial charge in [-0.1, -0.05) is 28.1 Å². The Morgan fingerprint density at radius 2 is 2.20 bits per heavy atom. The molecule has 0 radical (unpaired) electrons.